The van der Waals surface area contributed by atoms with E-state index in [9.17, 15) is 5.11 Å². The Labute approximate surface area is 117 Å². The molecule has 2 unspecified atom stereocenters. The normalized spacial score (nSPS) is 37.5. The van der Waals surface area contributed by atoms with Crippen LogP contribution in [0.5, 0.6) is 0 Å². The van der Waals surface area contributed by atoms with E-state index >= 15 is 0 Å². The van der Waals surface area contributed by atoms with Crippen LogP contribution in [0.3, 0.4) is 0 Å². The predicted molar refractivity (Wildman–Crippen MR) is 76.8 cm³/mol. The molecule has 2 atom stereocenters. The van der Waals surface area contributed by atoms with Crippen molar-refractivity contribution in [3.05, 3.63) is 11.8 Å². The van der Waals surface area contributed by atoms with Crippen LogP contribution < -0.4 is 0 Å². The number of hydrogen-bond donors (Lipinski definition) is 1. The van der Waals surface area contributed by atoms with Gasteiger partial charge in [-0.25, -0.2) is 0 Å². The molecular weight excluding hydrogens is 236 g/mol. The Hall–Kier alpha value is -0.500. The van der Waals surface area contributed by atoms with Crippen LogP contribution in [0.1, 0.15) is 70.6 Å². The van der Waals surface area contributed by atoms with Crippen molar-refractivity contribution in [3.8, 4) is 0 Å². The second-order valence-electron chi connectivity index (χ2n) is 6.73. The van der Waals surface area contributed by atoms with Crippen LogP contribution in [0.2, 0.25) is 0 Å². The summed E-state index contributed by atoms with van der Waals surface area (Å²) in [6.45, 7) is 0.797. The topological polar surface area (TPSA) is 29.5 Å². The molecule has 3 aliphatic rings. The van der Waals surface area contributed by atoms with Crippen molar-refractivity contribution in [1.29, 1.82) is 0 Å². The summed E-state index contributed by atoms with van der Waals surface area (Å²) >= 11 is 0. The lowest BCUT2D eigenvalue weighted by atomic mass is 9.64. The zero-order chi connectivity index (χ0) is 13.1. The summed E-state index contributed by atoms with van der Waals surface area (Å²) in [7, 11) is 0. The summed E-state index contributed by atoms with van der Waals surface area (Å²) in [6, 6.07) is 0. The highest BCUT2D eigenvalue weighted by atomic mass is 16.5. The van der Waals surface area contributed by atoms with Crippen LogP contribution >= 0.6 is 0 Å². The number of allylic oxidation sites excluding steroid dienone is 1. The van der Waals surface area contributed by atoms with E-state index in [0.717, 1.165) is 44.0 Å². The molecule has 2 nitrogen and oxygen atoms in total. The highest BCUT2D eigenvalue weighted by molar-refractivity contribution is 5.16. The summed E-state index contributed by atoms with van der Waals surface area (Å²) in [5.74, 6) is 2.10. The van der Waals surface area contributed by atoms with E-state index in [2.05, 4.69) is 6.08 Å². The van der Waals surface area contributed by atoms with Gasteiger partial charge < -0.3 is 9.84 Å². The van der Waals surface area contributed by atoms with E-state index in [4.69, 9.17) is 4.74 Å². The van der Waals surface area contributed by atoms with Crippen LogP contribution in [0.15, 0.2) is 11.8 Å². The van der Waals surface area contributed by atoms with E-state index in [1.165, 1.54) is 44.9 Å². The molecule has 0 aromatic heterocycles. The van der Waals surface area contributed by atoms with E-state index in [-0.39, 0.29) is 0 Å². The molecule has 0 saturated heterocycles. The fourth-order valence-corrected chi connectivity index (χ4v) is 4.51. The molecule has 1 heterocycles. The molecule has 3 rings (SSSR count). The number of aliphatic hydroxyl groups is 1. The van der Waals surface area contributed by atoms with E-state index in [0.29, 0.717) is 5.92 Å². The van der Waals surface area contributed by atoms with Gasteiger partial charge in [0.1, 0.15) is 11.4 Å². The number of rotatable bonds is 2. The molecule has 1 N–H and O–H groups in total. The monoisotopic (exact) mass is 264 g/mol. The molecule has 0 aromatic carbocycles. The van der Waals surface area contributed by atoms with E-state index < -0.39 is 5.60 Å². The van der Waals surface area contributed by atoms with Crippen molar-refractivity contribution < 1.29 is 9.84 Å². The summed E-state index contributed by atoms with van der Waals surface area (Å²) in [6.07, 6.45) is 15.7. The van der Waals surface area contributed by atoms with Crippen LogP contribution in [0, 0.1) is 11.8 Å². The van der Waals surface area contributed by atoms with Gasteiger partial charge in [-0.3, -0.25) is 0 Å². The summed E-state index contributed by atoms with van der Waals surface area (Å²) in [4.78, 5) is 0. The Morgan fingerprint density at radius 1 is 1.00 bits per heavy atom. The minimum Gasteiger partial charge on any atom is -0.495 e. The quantitative estimate of drug-likeness (QED) is 0.810. The lowest BCUT2D eigenvalue weighted by Gasteiger charge is -2.46. The molecule has 2 heteroatoms. The molecule has 0 amide bonds. The smallest absolute Gasteiger partial charge is 0.124 e. The summed E-state index contributed by atoms with van der Waals surface area (Å²) < 4.78 is 5.85. The molecular formula is C17H28O2. The summed E-state index contributed by atoms with van der Waals surface area (Å²) in [5, 5.41) is 11.3. The van der Waals surface area contributed by atoms with Gasteiger partial charge in [0.05, 0.1) is 6.61 Å². The zero-order valence-electron chi connectivity index (χ0n) is 12.1. The molecule has 2 fully saturated rings. The van der Waals surface area contributed by atoms with E-state index in [1.807, 2.05) is 0 Å². The maximum absolute atomic E-state index is 11.3. The third-order valence-corrected chi connectivity index (χ3v) is 5.52. The second kappa shape index (κ2) is 5.87. The molecule has 19 heavy (non-hydrogen) atoms. The molecule has 2 saturated carbocycles. The Morgan fingerprint density at radius 2 is 1.79 bits per heavy atom. The molecule has 0 aromatic rings. The van der Waals surface area contributed by atoms with Crippen molar-refractivity contribution in [2.45, 2.75) is 76.2 Å². The predicted octanol–water partition coefficient (Wildman–Crippen LogP) is 4.18. The van der Waals surface area contributed by atoms with Crippen LogP contribution in [0.25, 0.3) is 0 Å². The van der Waals surface area contributed by atoms with Crippen LogP contribution in [-0.4, -0.2) is 17.3 Å². The van der Waals surface area contributed by atoms with Crippen LogP contribution in [0.4, 0.5) is 0 Å². The molecule has 108 valence electrons. The van der Waals surface area contributed by atoms with Gasteiger partial charge in [-0.1, -0.05) is 44.9 Å². The van der Waals surface area contributed by atoms with Gasteiger partial charge in [0, 0.05) is 0 Å². The largest absolute Gasteiger partial charge is 0.495 e. The maximum Gasteiger partial charge on any atom is 0.124 e. The Balaban J connectivity index is 1.80. The zero-order valence-corrected chi connectivity index (χ0v) is 12.1. The second-order valence-corrected chi connectivity index (χ2v) is 6.73. The van der Waals surface area contributed by atoms with Gasteiger partial charge in [-0.2, -0.15) is 0 Å². The lowest BCUT2D eigenvalue weighted by molar-refractivity contribution is -0.0872. The van der Waals surface area contributed by atoms with Gasteiger partial charge in [-0.15, -0.1) is 0 Å². The Kier molecular flexibility index (Phi) is 4.16. The third kappa shape index (κ3) is 2.69. The highest BCUT2D eigenvalue weighted by Gasteiger charge is 2.47. The molecule has 0 bridgehead atoms. The Morgan fingerprint density at radius 3 is 2.53 bits per heavy atom. The first-order chi connectivity index (χ1) is 9.31. The molecule has 1 aliphatic heterocycles. The first kappa shape index (κ1) is 13.5. The van der Waals surface area contributed by atoms with Gasteiger partial charge in [0.2, 0.25) is 0 Å². The van der Waals surface area contributed by atoms with E-state index in [1.54, 1.807) is 0 Å². The van der Waals surface area contributed by atoms with Crippen molar-refractivity contribution in [3.63, 3.8) is 0 Å². The first-order valence-electron chi connectivity index (χ1n) is 8.36. The van der Waals surface area contributed by atoms with Crippen molar-refractivity contribution in [2.24, 2.45) is 11.8 Å². The molecule has 0 spiro atoms. The fraction of sp³-hybridized carbons (Fsp3) is 0.882. The third-order valence-electron chi connectivity index (χ3n) is 5.52. The minimum atomic E-state index is -0.638. The maximum atomic E-state index is 11.3. The van der Waals surface area contributed by atoms with Crippen molar-refractivity contribution >= 4 is 0 Å². The number of ether oxygens (including phenoxy) is 1. The number of hydrogen-bond acceptors (Lipinski definition) is 2. The van der Waals surface area contributed by atoms with Gasteiger partial charge in [0.25, 0.3) is 0 Å². The van der Waals surface area contributed by atoms with Crippen LogP contribution in [-0.2, 0) is 4.74 Å². The lowest BCUT2D eigenvalue weighted by Crippen LogP contribution is -2.47. The SMILES string of the molecule is OC1(C2=CCCCO2)CCCCC1C1CCCCC1. The van der Waals surface area contributed by atoms with Crippen molar-refractivity contribution in [1.82, 2.24) is 0 Å². The standard InChI is InChI=1S/C17H28O2/c18-17(16-11-5-7-13-19-16)12-6-4-10-15(17)14-8-2-1-3-9-14/h11,14-15,18H,1-10,12-13H2. The molecule has 2 aliphatic carbocycles. The highest BCUT2D eigenvalue weighted by Crippen LogP contribution is 2.47. The minimum absolute atomic E-state index is 0.450. The fourth-order valence-electron chi connectivity index (χ4n) is 4.51. The van der Waals surface area contributed by atoms with Gasteiger partial charge >= 0.3 is 0 Å². The van der Waals surface area contributed by atoms with Gasteiger partial charge in [0.15, 0.2) is 0 Å². The summed E-state index contributed by atoms with van der Waals surface area (Å²) in [5.41, 5.74) is -0.638. The van der Waals surface area contributed by atoms with Crippen molar-refractivity contribution in [2.75, 3.05) is 6.61 Å². The Bertz CT molecular complexity index is 330. The van der Waals surface area contributed by atoms with Gasteiger partial charge in [-0.05, 0) is 43.6 Å². The molecule has 0 radical (unpaired) electrons. The average molecular weight is 264 g/mol. The first-order valence-corrected chi connectivity index (χ1v) is 8.36. The average Bonchev–Trinajstić information content (AvgIpc) is 2.49.